The number of ether oxygens (including phenoxy) is 2. The first-order valence-corrected chi connectivity index (χ1v) is 9.25. The molecule has 3 atom stereocenters. The van der Waals surface area contributed by atoms with E-state index in [0.29, 0.717) is 0 Å². The maximum atomic E-state index is 9.13. The van der Waals surface area contributed by atoms with Crippen LogP contribution in [-0.2, 0) is 15.9 Å². The third kappa shape index (κ3) is 7.47. The topological polar surface area (TPSA) is 42.0 Å². The summed E-state index contributed by atoms with van der Waals surface area (Å²) >= 11 is 0. The van der Waals surface area contributed by atoms with Gasteiger partial charge in [0.1, 0.15) is 6.10 Å². The van der Waals surface area contributed by atoms with Gasteiger partial charge in [-0.3, -0.25) is 0 Å². The summed E-state index contributed by atoms with van der Waals surface area (Å²) in [5.74, 6) is 0. The van der Waals surface area contributed by atoms with Gasteiger partial charge >= 0.3 is 0 Å². The summed E-state index contributed by atoms with van der Waals surface area (Å²) in [5.41, 5.74) is 1.31. The van der Waals surface area contributed by atoms with Crippen LogP contribution in [0.15, 0.2) is 30.3 Å². The van der Waals surface area contributed by atoms with Gasteiger partial charge in [0.2, 0.25) is 0 Å². The SMILES string of the molecule is CCCCCCCCOC(Cc1ccccc1)CC1OC1CO. The Morgan fingerprint density at radius 2 is 1.78 bits per heavy atom. The highest BCUT2D eigenvalue weighted by Crippen LogP contribution is 2.28. The molecule has 3 nitrogen and oxygen atoms in total. The summed E-state index contributed by atoms with van der Waals surface area (Å²) in [4.78, 5) is 0. The molecule has 0 aromatic heterocycles. The van der Waals surface area contributed by atoms with Crippen molar-refractivity contribution in [1.82, 2.24) is 0 Å². The molecule has 1 aliphatic rings. The van der Waals surface area contributed by atoms with E-state index in [4.69, 9.17) is 14.6 Å². The van der Waals surface area contributed by atoms with E-state index in [2.05, 4.69) is 31.2 Å². The molecule has 1 N–H and O–H groups in total. The Morgan fingerprint density at radius 1 is 1.04 bits per heavy atom. The molecule has 3 unspecified atom stereocenters. The van der Waals surface area contributed by atoms with Crippen molar-refractivity contribution in [2.24, 2.45) is 0 Å². The minimum atomic E-state index is 0.0333. The molecular weight excluding hydrogens is 288 g/mol. The number of hydrogen-bond acceptors (Lipinski definition) is 3. The van der Waals surface area contributed by atoms with Gasteiger partial charge in [-0.1, -0.05) is 69.4 Å². The first-order chi connectivity index (χ1) is 11.3. The van der Waals surface area contributed by atoms with Gasteiger partial charge < -0.3 is 14.6 Å². The van der Waals surface area contributed by atoms with Crippen molar-refractivity contribution in [2.75, 3.05) is 13.2 Å². The monoisotopic (exact) mass is 320 g/mol. The highest BCUT2D eigenvalue weighted by Gasteiger charge is 2.39. The number of aliphatic hydroxyl groups excluding tert-OH is 1. The van der Waals surface area contributed by atoms with Crippen molar-refractivity contribution >= 4 is 0 Å². The maximum absolute atomic E-state index is 9.13. The highest BCUT2D eigenvalue weighted by atomic mass is 16.6. The lowest BCUT2D eigenvalue weighted by atomic mass is 10.0. The van der Waals surface area contributed by atoms with E-state index in [1.54, 1.807) is 0 Å². The van der Waals surface area contributed by atoms with Crippen LogP contribution in [0.1, 0.15) is 57.4 Å². The Morgan fingerprint density at radius 3 is 2.48 bits per heavy atom. The normalized spacial score (nSPS) is 21.3. The lowest BCUT2D eigenvalue weighted by molar-refractivity contribution is 0.0401. The average Bonchev–Trinajstić information content (AvgIpc) is 3.33. The fraction of sp³-hybridized carbons (Fsp3) is 0.700. The van der Waals surface area contributed by atoms with Crippen molar-refractivity contribution in [2.45, 2.75) is 76.6 Å². The predicted molar refractivity (Wildman–Crippen MR) is 93.6 cm³/mol. The van der Waals surface area contributed by atoms with Gasteiger partial charge in [0, 0.05) is 13.0 Å². The van der Waals surface area contributed by atoms with E-state index in [1.807, 2.05) is 6.07 Å². The van der Waals surface area contributed by atoms with E-state index in [9.17, 15) is 0 Å². The molecule has 23 heavy (non-hydrogen) atoms. The van der Waals surface area contributed by atoms with E-state index >= 15 is 0 Å². The highest BCUT2D eigenvalue weighted by molar-refractivity contribution is 5.15. The minimum Gasteiger partial charge on any atom is -0.394 e. The summed E-state index contributed by atoms with van der Waals surface area (Å²) in [6, 6.07) is 10.5. The summed E-state index contributed by atoms with van der Waals surface area (Å²) < 4.78 is 11.6. The molecule has 130 valence electrons. The summed E-state index contributed by atoms with van der Waals surface area (Å²) in [7, 11) is 0. The standard InChI is InChI=1S/C20H32O3/c1-2-3-4-5-6-10-13-22-18(15-19-20(16-21)23-19)14-17-11-8-7-9-12-17/h7-9,11-12,18-21H,2-6,10,13-16H2,1H3. The van der Waals surface area contributed by atoms with Crippen LogP contribution >= 0.6 is 0 Å². The van der Waals surface area contributed by atoms with Gasteiger partial charge in [-0.2, -0.15) is 0 Å². The molecule has 0 spiro atoms. The van der Waals surface area contributed by atoms with Crippen molar-refractivity contribution < 1.29 is 14.6 Å². The van der Waals surface area contributed by atoms with Crippen LogP contribution in [0.3, 0.4) is 0 Å². The Bertz CT molecular complexity index is 407. The molecule has 1 heterocycles. The Balaban J connectivity index is 1.68. The van der Waals surface area contributed by atoms with E-state index < -0.39 is 0 Å². The number of unbranched alkanes of at least 4 members (excludes halogenated alkanes) is 5. The van der Waals surface area contributed by atoms with Crippen LogP contribution in [0.5, 0.6) is 0 Å². The number of hydrogen-bond donors (Lipinski definition) is 1. The molecule has 0 amide bonds. The lowest BCUT2D eigenvalue weighted by Crippen LogP contribution is -2.20. The summed E-state index contributed by atoms with van der Waals surface area (Å²) in [6.45, 7) is 3.21. The largest absolute Gasteiger partial charge is 0.394 e. The second-order valence-corrected chi connectivity index (χ2v) is 6.58. The molecule has 1 saturated heterocycles. The Kier molecular flexibility index (Phi) is 8.66. The van der Waals surface area contributed by atoms with Crippen molar-refractivity contribution in [3.05, 3.63) is 35.9 Å². The molecule has 2 rings (SSSR count). The van der Waals surface area contributed by atoms with Crippen LogP contribution in [0.4, 0.5) is 0 Å². The molecule has 0 radical (unpaired) electrons. The van der Waals surface area contributed by atoms with Gasteiger partial charge in [-0.05, 0) is 18.4 Å². The van der Waals surface area contributed by atoms with Gasteiger partial charge in [-0.15, -0.1) is 0 Å². The number of benzene rings is 1. The van der Waals surface area contributed by atoms with Crippen LogP contribution < -0.4 is 0 Å². The van der Waals surface area contributed by atoms with Gasteiger partial charge in [0.25, 0.3) is 0 Å². The molecule has 0 aliphatic carbocycles. The van der Waals surface area contributed by atoms with E-state index in [-0.39, 0.29) is 24.9 Å². The Labute approximate surface area is 141 Å². The van der Waals surface area contributed by atoms with Gasteiger partial charge in [0.05, 0.1) is 18.8 Å². The zero-order valence-corrected chi connectivity index (χ0v) is 14.5. The second kappa shape index (κ2) is 10.8. The molecule has 1 aromatic rings. The zero-order valence-electron chi connectivity index (χ0n) is 14.5. The van der Waals surface area contributed by atoms with Gasteiger partial charge in [-0.25, -0.2) is 0 Å². The minimum absolute atomic E-state index is 0.0333. The van der Waals surface area contributed by atoms with E-state index in [1.165, 1.54) is 37.7 Å². The lowest BCUT2D eigenvalue weighted by Gasteiger charge is -2.17. The molecule has 0 saturated carbocycles. The first-order valence-electron chi connectivity index (χ1n) is 9.25. The molecule has 1 fully saturated rings. The molecule has 1 aromatic carbocycles. The van der Waals surface area contributed by atoms with E-state index in [0.717, 1.165) is 25.9 Å². The zero-order chi connectivity index (χ0) is 16.3. The predicted octanol–water partition coefficient (Wildman–Crippen LogP) is 4.12. The van der Waals surface area contributed by atoms with Crippen LogP contribution in [0.2, 0.25) is 0 Å². The number of aliphatic hydroxyl groups is 1. The van der Waals surface area contributed by atoms with Crippen LogP contribution in [0.25, 0.3) is 0 Å². The van der Waals surface area contributed by atoms with Gasteiger partial charge in [0.15, 0.2) is 0 Å². The molecule has 3 heteroatoms. The molecule has 1 aliphatic heterocycles. The van der Waals surface area contributed by atoms with Crippen molar-refractivity contribution in [3.63, 3.8) is 0 Å². The summed E-state index contributed by atoms with van der Waals surface area (Å²) in [6.07, 6.45) is 9.92. The quantitative estimate of drug-likeness (QED) is 0.439. The second-order valence-electron chi connectivity index (χ2n) is 6.58. The number of rotatable bonds is 13. The van der Waals surface area contributed by atoms with Crippen LogP contribution in [-0.4, -0.2) is 36.6 Å². The number of epoxide rings is 1. The third-order valence-corrected chi connectivity index (χ3v) is 4.52. The van der Waals surface area contributed by atoms with Crippen molar-refractivity contribution in [1.29, 1.82) is 0 Å². The maximum Gasteiger partial charge on any atom is 0.107 e. The third-order valence-electron chi connectivity index (χ3n) is 4.52. The Hall–Kier alpha value is -0.900. The van der Waals surface area contributed by atoms with Crippen LogP contribution in [0, 0.1) is 0 Å². The summed E-state index contributed by atoms with van der Waals surface area (Å²) in [5, 5.41) is 9.13. The molecular formula is C20H32O3. The van der Waals surface area contributed by atoms with Crippen molar-refractivity contribution in [3.8, 4) is 0 Å². The molecule has 0 bridgehead atoms. The fourth-order valence-corrected chi connectivity index (χ4v) is 3.03. The smallest absolute Gasteiger partial charge is 0.107 e. The first kappa shape index (κ1) is 18.4. The fourth-order valence-electron chi connectivity index (χ4n) is 3.03. The average molecular weight is 320 g/mol.